The van der Waals surface area contributed by atoms with Crippen LogP contribution in [-0.2, 0) is 9.47 Å². The molecular formula is C20H36N2O6. The van der Waals surface area contributed by atoms with Crippen LogP contribution in [0.15, 0.2) is 9.98 Å². The lowest BCUT2D eigenvalue weighted by Crippen LogP contribution is -2.37. The van der Waals surface area contributed by atoms with Crippen LogP contribution < -0.4 is 0 Å². The quantitative estimate of drug-likeness (QED) is 0.323. The van der Waals surface area contributed by atoms with Gasteiger partial charge < -0.3 is 29.9 Å². The van der Waals surface area contributed by atoms with Crippen molar-refractivity contribution < 1.29 is 29.9 Å². The van der Waals surface area contributed by atoms with Crippen LogP contribution in [0.25, 0.3) is 0 Å². The second-order valence-corrected chi connectivity index (χ2v) is 8.07. The second-order valence-electron chi connectivity index (χ2n) is 8.07. The van der Waals surface area contributed by atoms with Gasteiger partial charge in [0.15, 0.2) is 11.8 Å². The van der Waals surface area contributed by atoms with Crippen LogP contribution in [0.2, 0.25) is 0 Å². The van der Waals surface area contributed by atoms with Gasteiger partial charge in [-0.2, -0.15) is 0 Å². The zero-order valence-corrected chi connectivity index (χ0v) is 17.0. The van der Waals surface area contributed by atoms with E-state index in [1.54, 1.807) is 0 Å². The third-order valence-electron chi connectivity index (χ3n) is 5.56. The van der Waals surface area contributed by atoms with Gasteiger partial charge in [0.25, 0.3) is 0 Å². The van der Waals surface area contributed by atoms with Gasteiger partial charge in [0.1, 0.15) is 24.3 Å². The molecule has 8 nitrogen and oxygen atoms in total. The van der Waals surface area contributed by atoms with Gasteiger partial charge in [0.2, 0.25) is 0 Å². The summed E-state index contributed by atoms with van der Waals surface area (Å²) in [5.74, 6) is 0.933. The van der Waals surface area contributed by atoms with Crippen LogP contribution >= 0.6 is 0 Å². The van der Waals surface area contributed by atoms with Crippen molar-refractivity contribution in [2.75, 3.05) is 39.6 Å². The molecule has 2 aliphatic rings. The number of rotatable bonds is 14. The van der Waals surface area contributed by atoms with Crippen molar-refractivity contribution in [3.63, 3.8) is 0 Å². The summed E-state index contributed by atoms with van der Waals surface area (Å²) in [4.78, 5) is 8.89. The Hall–Kier alpha value is -1.22. The van der Waals surface area contributed by atoms with E-state index in [2.05, 4.69) is 16.9 Å². The lowest BCUT2D eigenvalue weighted by molar-refractivity contribution is 0.0957. The zero-order chi connectivity index (χ0) is 20.5. The van der Waals surface area contributed by atoms with Crippen molar-refractivity contribution in [1.82, 2.24) is 0 Å². The first-order valence-electron chi connectivity index (χ1n) is 10.4. The molecule has 0 fully saturated rings. The number of hydrogen-bond donors (Lipinski definition) is 4. The third-order valence-corrected chi connectivity index (χ3v) is 5.56. The van der Waals surface area contributed by atoms with E-state index in [4.69, 9.17) is 9.47 Å². The molecule has 1 unspecified atom stereocenters. The number of aliphatic hydroxyl groups is 4. The largest absolute Gasteiger partial charge is 0.478 e. The highest BCUT2D eigenvalue weighted by Gasteiger charge is 2.40. The van der Waals surface area contributed by atoms with Gasteiger partial charge in [-0.05, 0) is 6.42 Å². The first-order chi connectivity index (χ1) is 13.6. The van der Waals surface area contributed by atoms with E-state index in [0.29, 0.717) is 18.2 Å². The number of unbranched alkanes of at least 4 members (excludes halogenated alkanes) is 5. The fourth-order valence-corrected chi connectivity index (χ4v) is 3.49. The third kappa shape index (κ3) is 5.89. The minimum Gasteiger partial charge on any atom is -0.478 e. The minimum absolute atomic E-state index is 0.0712. The first-order valence-corrected chi connectivity index (χ1v) is 10.4. The van der Waals surface area contributed by atoms with Gasteiger partial charge in [-0.3, -0.25) is 0 Å². The Labute approximate surface area is 167 Å². The first kappa shape index (κ1) is 23.1. The SMILES string of the molecule is CCCCCCCCC(CC1=NC(CO)(CO)CO1)C1=NC(CO)(CO)CO1. The Bertz CT molecular complexity index is 529. The van der Waals surface area contributed by atoms with Crippen molar-refractivity contribution in [2.45, 2.75) is 69.4 Å². The minimum atomic E-state index is -0.979. The highest BCUT2D eigenvalue weighted by molar-refractivity contribution is 5.87. The van der Waals surface area contributed by atoms with Crippen LogP contribution in [0.1, 0.15) is 58.3 Å². The standard InChI is InChI=1S/C20H36N2O6/c1-2-3-4-5-6-7-8-16(18-22-20(12-25,13-26)15-28-18)9-17-21-19(10-23,11-24)14-27-17/h16,23-26H,2-15H2,1H3. The van der Waals surface area contributed by atoms with Crippen molar-refractivity contribution >= 4 is 11.8 Å². The van der Waals surface area contributed by atoms with E-state index < -0.39 is 11.1 Å². The molecule has 2 heterocycles. The topological polar surface area (TPSA) is 124 Å². The Morgan fingerprint density at radius 2 is 1.39 bits per heavy atom. The van der Waals surface area contributed by atoms with Gasteiger partial charge in [-0.1, -0.05) is 45.4 Å². The number of nitrogens with zero attached hydrogens (tertiary/aromatic N) is 2. The molecule has 0 amide bonds. The van der Waals surface area contributed by atoms with Crippen LogP contribution in [0, 0.1) is 5.92 Å². The second kappa shape index (κ2) is 11.1. The zero-order valence-electron chi connectivity index (χ0n) is 17.0. The number of ether oxygens (including phenoxy) is 2. The molecule has 0 saturated heterocycles. The fraction of sp³-hybridized carbons (Fsp3) is 0.900. The molecule has 0 spiro atoms. The summed E-state index contributed by atoms with van der Waals surface area (Å²) in [5.41, 5.74) is -1.95. The van der Waals surface area contributed by atoms with E-state index in [-0.39, 0.29) is 45.6 Å². The smallest absolute Gasteiger partial charge is 0.187 e. The molecule has 2 rings (SSSR count). The molecule has 4 N–H and O–H groups in total. The summed E-state index contributed by atoms with van der Waals surface area (Å²) in [6.45, 7) is 1.42. The van der Waals surface area contributed by atoms with Crippen molar-refractivity contribution in [2.24, 2.45) is 15.9 Å². The van der Waals surface area contributed by atoms with Gasteiger partial charge >= 0.3 is 0 Å². The normalized spacial score (nSPS) is 21.0. The van der Waals surface area contributed by atoms with Gasteiger partial charge in [0.05, 0.1) is 26.4 Å². The van der Waals surface area contributed by atoms with Crippen LogP contribution in [0.4, 0.5) is 0 Å². The molecular weight excluding hydrogens is 364 g/mol. The molecule has 28 heavy (non-hydrogen) atoms. The molecule has 0 bridgehead atoms. The molecule has 162 valence electrons. The Morgan fingerprint density at radius 3 is 1.96 bits per heavy atom. The Kier molecular flexibility index (Phi) is 9.14. The number of aliphatic imine (C=N–C) groups is 2. The molecule has 0 aromatic rings. The molecule has 0 aromatic heterocycles. The van der Waals surface area contributed by atoms with Crippen molar-refractivity contribution in [3.05, 3.63) is 0 Å². The molecule has 2 aliphatic heterocycles. The van der Waals surface area contributed by atoms with Crippen LogP contribution in [-0.4, -0.2) is 82.9 Å². The summed E-state index contributed by atoms with van der Waals surface area (Å²) in [6.07, 6.45) is 8.34. The molecule has 0 saturated carbocycles. The highest BCUT2D eigenvalue weighted by atomic mass is 16.5. The lowest BCUT2D eigenvalue weighted by atomic mass is 9.96. The summed E-state index contributed by atoms with van der Waals surface area (Å²) in [5, 5.41) is 38.2. The fourth-order valence-electron chi connectivity index (χ4n) is 3.49. The van der Waals surface area contributed by atoms with Crippen molar-refractivity contribution in [3.8, 4) is 0 Å². The van der Waals surface area contributed by atoms with E-state index in [1.165, 1.54) is 25.7 Å². The maximum absolute atomic E-state index is 9.58. The average Bonchev–Trinajstić information content (AvgIpc) is 3.35. The molecule has 8 heteroatoms. The summed E-state index contributed by atoms with van der Waals surface area (Å²) >= 11 is 0. The maximum Gasteiger partial charge on any atom is 0.187 e. The highest BCUT2D eigenvalue weighted by Crippen LogP contribution is 2.29. The molecule has 0 aromatic carbocycles. The van der Waals surface area contributed by atoms with Crippen LogP contribution in [0.5, 0.6) is 0 Å². The van der Waals surface area contributed by atoms with E-state index in [0.717, 1.165) is 19.3 Å². The monoisotopic (exact) mass is 400 g/mol. The van der Waals surface area contributed by atoms with E-state index in [1.807, 2.05) is 0 Å². The lowest BCUT2D eigenvalue weighted by Gasteiger charge is -2.17. The molecule has 0 aliphatic carbocycles. The van der Waals surface area contributed by atoms with Gasteiger partial charge in [-0.15, -0.1) is 0 Å². The van der Waals surface area contributed by atoms with Crippen LogP contribution in [0.3, 0.4) is 0 Å². The Morgan fingerprint density at radius 1 is 0.821 bits per heavy atom. The van der Waals surface area contributed by atoms with E-state index >= 15 is 0 Å². The summed E-state index contributed by atoms with van der Waals surface area (Å²) in [6, 6.07) is 0. The number of hydrogen-bond acceptors (Lipinski definition) is 8. The average molecular weight is 401 g/mol. The van der Waals surface area contributed by atoms with Gasteiger partial charge in [0, 0.05) is 12.3 Å². The van der Waals surface area contributed by atoms with E-state index in [9.17, 15) is 20.4 Å². The maximum atomic E-state index is 9.58. The molecule has 1 atom stereocenters. The van der Waals surface area contributed by atoms with Crippen molar-refractivity contribution in [1.29, 1.82) is 0 Å². The predicted molar refractivity (Wildman–Crippen MR) is 107 cm³/mol. The summed E-state index contributed by atoms with van der Waals surface area (Å²) in [7, 11) is 0. The summed E-state index contributed by atoms with van der Waals surface area (Å²) < 4.78 is 11.4. The van der Waals surface area contributed by atoms with Gasteiger partial charge in [-0.25, -0.2) is 9.98 Å². The predicted octanol–water partition coefficient (Wildman–Crippen LogP) is 1.05. The molecule has 0 radical (unpaired) electrons. The Balaban J connectivity index is 2.03. The number of aliphatic hydroxyl groups excluding tert-OH is 4.